The summed E-state index contributed by atoms with van der Waals surface area (Å²) in [5.41, 5.74) is -1.96. The molecule has 0 radical (unpaired) electrons. The van der Waals surface area contributed by atoms with Gasteiger partial charge in [-0.3, -0.25) is 9.59 Å². The first-order chi connectivity index (χ1) is 17.4. The minimum atomic E-state index is -1.21. The zero-order chi connectivity index (χ0) is 27.8. The fourth-order valence-corrected chi connectivity index (χ4v) is 4.59. The molecule has 0 spiro atoms. The van der Waals surface area contributed by atoms with Crippen LogP contribution in [0.5, 0.6) is 0 Å². The zero-order valence-electron chi connectivity index (χ0n) is 22.6. The first kappa shape index (κ1) is 30.3. The Morgan fingerprint density at radius 1 is 1.19 bits per heavy atom. The fraction of sp³-hybridized carbons (Fsp3) is 0.704. The highest BCUT2D eigenvalue weighted by molar-refractivity contribution is 5.96. The first-order valence-corrected chi connectivity index (χ1v) is 13.1. The molecule has 0 aromatic rings. The Balaban J connectivity index is 2.17. The molecular weight excluding hydrogens is 478 g/mol. The van der Waals surface area contributed by atoms with Gasteiger partial charge in [-0.15, -0.1) is 13.2 Å². The summed E-state index contributed by atoms with van der Waals surface area (Å²) in [5, 5.41) is 15.8. The molecule has 10 nitrogen and oxygen atoms in total. The Bertz CT molecular complexity index is 869. The fourth-order valence-electron chi connectivity index (χ4n) is 4.59. The quantitative estimate of drug-likeness (QED) is 0.193. The number of esters is 1. The molecule has 2 rings (SSSR count). The normalized spacial score (nSPS) is 25.5. The molecule has 1 unspecified atom stereocenters. The number of unbranched alkanes of at least 4 members (excludes halogenated alkanes) is 3. The summed E-state index contributed by atoms with van der Waals surface area (Å²) in [4.78, 5) is 53.3. The van der Waals surface area contributed by atoms with Crippen LogP contribution in [0.4, 0.5) is 4.79 Å². The molecule has 1 saturated carbocycles. The number of amides is 3. The topological polar surface area (TPSA) is 134 Å². The third kappa shape index (κ3) is 8.31. The van der Waals surface area contributed by atoms with Crippen molar-refractivity contribution in [2.75, 3.05) is 13.2 Å². The van der Waals surface area contributed by atoms with Gasteiger partial charge in [-0.05, 0) is 53.4 Å². The molecule has 10 heteroatoms. The number of ether oxygens (including phenoxy) is 2. The molecule has 5 atom stereocenters. The number of nitrogens with zero attached hydrogens (tertiary/aromatic N) is 1. The van der Waals surface area contributed by atoms with Gasteiger partial charge in [-0.25, -0.2) is 9.59 Å². The number of β-amino-alcohol motifs (C(OH)–C–C–N with tert-alkyl or cyclic N) is 1. The summed E-state index contributed by atoms with van der Waals surface area (Å²) in [6.07, 6.45) is 5.77. The van der Waals surface area contributed by atoms with Crippen molar-refractivity contribution in [2.45, 2.75) is 102 Å². The Kier molecular flexibility index (Phi) is 10.7. The van der Waals surface area contributed by atoms with E-state index in [0.29, 0.717) is 19.3 Å². The van der Waals surface area contributed by atoms with E-state index >= 15 is 0 Å². The summed E-state index contributed by atoms with van der Waals surface area (Å²) in [6.45, 7) is 14.4. The van der Waals surface area contributed by atoms with Crippen molar-refractivity contribution in [1.82, 2.24) is 15.5 Å². The minimum absolute atomic E-state index is 0.0216. The van der Waals surface area contributed by atoms with Gasteiger partial charge in [-0.1, -0.05) is 25.0 Å². The second-order valence-electron chi connectivity index (χ2n) is 10.7. The lowest BCUT2D eigenvalue weighted by atomic mass is 10.0. The maximum Gasteiger partial charge on any atom is 0.408 e. The molecule has 37 heavy (non-hydrogen) atoms. The lowest BCUT2D eigenvalue weighted by Gasteiger charge is -2.30. The Morgan fingerprint density at radius 2 is 1.89 bits per heavy atom. The van der Waals surface area contributed by atoms with Crippen molar-refractivity contribution >= 4 is 23.9 Å². The molecule has 208 valence electrons. The summed E-state index contributed by atoms with van der Waals surface area (Å²) in [6, 6.07) is -1.93. The lowest BCUT2D eigenvalue weighted by molar-refractivity contribution is -0.150. The van der Waals surface area contributed by atoms with Gasteiger partial charge in [0.15, 0.2) is 0 Å². The van der Waals surface area contributed by atoms with Gasteiger partial charge < -0.3 is 30.1 Å². The number of aliphatic hydroxyl groups excluding tert-OH is 1. The average molecular weight is 522 g/mol. The summed E-state index contributed by atoms with van der Waals surface area (Å²) in [7, 11) is 0. The van der Waals surface area contributed by atoms with Crippen LogP contribution in [0.25, 0.3) is 0 Å². The number of likely N-dealkylation sites (tertiary alicyclic amines) is 1. The second kappa shape index (κ2) is 13.1. The highest BCUT2D eigenvalue weighted by Crippen LogP contribution is 2.45. The van der Waals surface area contributed by atoms with E-state index in [1.54, 1.807) is 33.8 Å². The van der Waals surface area contributed by atoms with E-state index in [1.807, 2.05) is 6.08 Å². The number of hydrogen-bond donors (Lipinski definition) is 3. The monoisotopic (exact) mass is 521 g/mol. The van der Waals surface area contributed by atoms with Crippen LogP contribution < -0.4 is 10.6 Å². The van der Waals surface area contributed by atoms with Crippen LogP contribution in [0.15, 0.2) is 25.3 Å². The smallest absolute Gasteiger partial charge is 0.408 e. The van der Waals surface area contributed by atoms with Crippen LogP contribution in [-0.4, -0.2) is 76.4 Å². The number of carbonyl (C=O) groups is 4. The molecule has 0 aromatic heterocycles. The van der Waals surface area contributed by atoms with Gasteiger partial charge in [0.2, 0.25) is 11.8 Å². The van der Waals surface area contributed by atoms with E-state index in [4.69, 9.17) is 9.47 Å². The molecular formula is C27H43N3O7. The third-order valence-electron chi connectivity index (χ3n) is 6.54. The summed E-state index contributed by atoms with van der Waals surface area (Å²) < 4.78 is 10.5. The van der Waals surface area contributed by atoms with E-state index in [0.717, 1.165) is 19.3 Å². The molecule has 3 N–H and O–H groups in total. The number of hydrogen-bond acceptors (Lipinski definition) is 7. The van der Waals surface area contributed by atoms with Crippen LogP contribution in [0, 0.1) is 5.92 Å². The molecule has 2 fully saturated rings. The second-order valence-corrected chi connectivity index (χ2v) is 10.7. The number of rotatable bonds is 13. The van der Waals surface area contributed by atoms with Crippen LogP contribution in [0.2, 0.25) is 0 Å². The third-order valence-corrected chi connectivity index (χ3v) is 6.54. The van der Waals surface area contributed by atoms with E-state index in [2.05, 4.69) is 23.8 Å². The van der Waals surface area contributed by atoms with Crippen molar-refractivity contribution in [3.8, 4) is 0 Å². The maximum absolute atomic E-state index is 13.6. The van der Waals surface area contributed by atoms with Gasteiger partial charge in [-0.2, -0.15) is 0 Å². The summed E-state index contributed by atoms with van der Waals surface area (Å²) >= 11 is 0. The molecule has 3 amide bonds. The predicted octanol–water partition coefficient (Wildman–Crippen LogP) is 2.60. The van der Waals surface area contributed by atoms with E-state index in [1.165, 1.54) is 4.90 Å². The van der Waals surface area contributed by atoms with Crippen LogP contribution in [0.1, 0.15) is 72.6 Å². The van der Waals surface area contributed by atoms with E-state index < -0.39 is 53.2 Å². The largest absolute Gasteiger partial charge is 0.464 e. The van der Waals surface area contributed by atoms with Crippen LogP contribution in [-0.2, 0) is 23.9 Å². The molecule has 1 aliphatic carbocycles. The van der Waals surface area contributed by atoms with Crippen molar-refractivity contribution in [2.24, 2.45) is 5.92 Å². The van der Waals surface area contributed by atoms with Crippen molar-refractivity contribution in [3.63, 3.8) is 0 Å². The Labute approximate surface area is 219 Å². The maximum atomic E-state index is 13.6. The van der Waals surface area contributed by atoms with Crippen LogP contribution >= 0.6 is 0 Å². The van der Waals surface area contributed by atoms with Gasteiger partial charge in [0, 0.05) is 18.9 Å². The number of alkyl carbamates (subject to hydrolysis) is 1. The number of allylic oxidation sites excluding steroid dienone is 1. The summed E-state index contributed by atoms with van der Waals surface area (Å²) in [5.74, 6) is -1.85. The van der Waals surface area contributed by atoms with Gasteiger partial charge >= 0.3 is 12.1 Å². The van der Waals surface area contributed by atoms with Gasteiger partial charge in [0.05, 0.1) is 12.7 Å². The molecule has 2 aliphatic rings. The Hall–Kier alpha value is -2.88. The zero-order valence-corrected chi connectivity index (χ0v) is 22.6. The minimum Gasteiger partial charge on any atom is -0.464 e. The highest BCUT2D eigenvalue weighted by atomic mass is 16.6. The average Bonchev–Trinajstić information content (AvgIpc) is 3.39. The number of carbonyl (C=O) groups excluding carboxylic acids is 4. The van der Waals surface area contributed by atoms with Crippen molar-refractivity contribution in [1.29, 1.82) is 0 Å². The van der Waals surface area contributed by atoms with Crippen molar-refractivity contribution in [3.05, 3.63) is 25.3 Å². The SMILES string of the molecule is C=CCCCCC[C@@H](NC(=O)OC(C)(C)C)C(=O)N1C[C@@H](O)C[C@H]1C(=O)NC1(C(=O)OCC)C[C@H]1C=C. The standard InChI is InChI=1S/C27H43N3O7/c1-7-10-11-12-13-14-20(28-25(35)37-26(4,5)6)23(33)30-17-19(31)15-21(30)22(32)29-27(16-18(27)8-2)24(34)36-9-3/h7-8,18-21,31H,1-2,9-17H2,3-6H3,(H,28,35)(H,29,32)/t18-,19+,20-,21+,27?/m1/s1. The van der Waals surface area contributed by atoms with Crippen molar-refractivity contribution < 1.29 is 33.8 Å². The molecule has 1 saturated heterocycles. The van der Waals surface area contributed by atoms with Gasteiger partial charge in [0.25, 0.3) is 0 Å². The number of aliphatic hydroxyl groups is 1. The lowest BCUT2D eigenvalue weighted by Crippen LogP contribution is -2.56. The van der Waals surface area contributed by atoms with Gasteiger partial charge in [0.1, 0.15) is 23.2 Å². The van der Waals surface area contributed by atoms with E-state index in [9.17, 15) is 24.3 Å². The molecule has 1 aliphatic heterocycles. The highest BCUT2D eigenvalue weighted by Gasteiger charge is 2.62. The van der Waals surface area contributed by atoms with E-state index in [-0.39, 0.29) is 25.5 Å². The first-order valence-electron chi connectivity index (χ1n) is 13.1. The van der Waals surface area contributed by atoms with Crippen LogP contribution in [0.3, 0.4) is 0 Å². The molecule has 0 bridgehead atoms. The molecule has 1 heterocycles. The number of nitrogens with one attached hydrogen (secondary N) is 2. The molecule has 0 aromatic carbocycles. The Morgan fingerprint density at radius 3 is 2.46 bits per heavy atom. The predicted molar refractivity (Wildman–Crippen MR) is 138 cm³/mol.